The molecule has 132 valence electrons. The highest BCUT2D eigenvalue weighted by Crippen LogP contribution is 2.32. The minimum absolute atomic E-state index is 0.296. The molecule has 1 aromatic heterocycles. The quantitative estimate of drug-likeness (QED) is 0.776. The van der Waals surface area contributed by atoms with Gasteiger partial charge in [-0.2, -0.15) is 5.26 Å². The number of carbonyl (C=O) groups is 1. The van der Waals surface area contributed by atoms with Crippen molar-refractivity contribution in [3.8, 4) is 6.07 Å². The Morgan fingerprint density at radius 1 is 1.15 bits per heavy atom. The number of aryl methyl sites for hydroxylation is 1. The van der Waals surface area contributed by atoms with Crippen LogP contribution in [0.4, 0.5) is 17.3 Å². The van der Waals surface area contributed by atoms with Gasteiger partial charge in [-0.3, -0.25) is 4.79 Å². The lowest BCUT2D eigenvalue weighted by atomic mass is 10.2. The normalized spacial score (nSPS) is 12.4. The number of carbonyl (C=O) groups excluding carboxylic acids is 1. The van der Waals surface area contributed by atoms with Gasteiger partial charge in [0.15, 0.2) is 0 Å². The van der Waals surface area contributed by atoms with Gasteiger partial charge >= 0.3 is 0 Å². The van der Waals surface area contributed by atoms with E-state index < -0.39 is 0 Å². The number of nitrogens with one attached hydrogen (secondary N) is 1. The summed E-state index contributed by atoms with van der Waals surface area (Å²) in [5.74, 6) is 0.195. The van der Waals surface area contributed by atoms with Gasteiger partial charge in [-0.05, 0) is 49.2 Å². The van der Waals surface area contributed by atoms with Crippen LogP contribution in [0, 0.1) is 18.3 Å². The zero-order chi connectivity index (χ0) is 18.8. The van der Waals surface area contributed by atoms with E-state index in [9.17, 15) is 4.79 Å². The van der Waals surface area contributed by atoms with Crippen LogP contribution in [0.2, 0.25) is 0 Å². The number of para-hydroxylation sites is 1. The Labute approximate surface area is 157 Å². The summed E-state index contributed by atoms with van der Waals surface area (Å²) in [5, 5.41) is 11.8. The van der Waals surface area contributed by atoms with E-state index in [1.165, 1.54) is 5.56 Å². The van der Waals surface area contributed by atoms with Gasteiger partial charge in [0.2, 0.25) is 5.95 Å². The van der Waals surface area contributed by atoms with Crippen LogP contribution in [0.15, 0.2) is 54.6 Å². The van der Waals surface area contributed by atoms with Gasteiger partial charge in [0.05, 0.1) is 11.6 Å². The maximum absolute atomic E-state index is 12.7. The Bertz CT molecular complexity index is 1070. The monoisotopic (exact) mass is 355 g/mol. The number of amides is 1. The van der Waals surface area contributed by atoms with Crippen LogP contribution in [-0.2, 0) is 6.42 Å². The molecule has 0 aliphatic carbocycles. The van der Waals surface area contributed by atoms with Crippen molar-refractivity contribution in [2.45, 2.75) is 13.3 Å². The van der Waals surface area contributed by atoms with Crippen molar-refractivity contribution in [2.75, 3.05) is 16.8 Å². The third-order valence-electron chi connectivity index (χ3n) is 4.45. The number of hydrogen-bond acceptors (Lipinski definition) is 5. The van der Waals surface area contributed by atoms with E-state index in [2.05, 4.69) is 27.4 Å². The van der Waals surface area contributed by atoms with Crippen LogP contribution < -0.4 is 10.2 Å². The predicted molar refractivity (Wildman–Crippen MR) is 103 cm³/mol. The molecule has 1 aliphatic rings. The van der Waals surface area contributed by atoms with Crippen molar-refractivity contribution in [1.82, 2.24) is 9.97 Å². The Balaban J connectivity index is 1.63. The number of rotatable bonds is 3. The van der Waals surface area contributed by atoms with Crippen LogP contribution >= 0.6 is 0 Å². The first-order valence-electron chi connectivity index (χ1n) is 8.67. The number of nitrogens with zero attached hydrogens (tertiary/aromatic N) is 4. The molecule has 0 unspecified atom stereocenters. The third-order valence-corrected chi connectivity index (χ3v) is 4.45. The van der Waals surface area contributed by atoms with E-state index in [1.54, 1.807) is 30.3 Å². The second-order valence-corrected chi connectivity index (χ2v) is 6.37. The van der Waals surface area contributed by atoms with Gasteiger partial charge in [-0.15, -0.1) is 0 Å². The third kappa shape index (κ3) is 3.35. The lowest BCUT2D eigenvalue weighted by Gasteiger charge is -2.18. The van der Waals surface area contributed by atoms with Crippen LogP contribution in [0.25, 0.3) is 0 Å². The standard InChI is InChI=1S/C21H17N5O/c1-14-11-18(20(27)24-17-7-4-5-15(12-17)13-22)25-21(23-14)26-10-9-16-6-2-3-8-19(16)26/h2-8,11-12H,9-10H2,1H3,(H,24,27). The minimum Gasteiger partial charge on any atom is -0.321 e. The molecular weight excluding hydrogens is 338 g/mol. The maximum Gasteiger partial charge on any atom is 0.274 e. The molecule has 6 nitrogen and oxygen atoms in total. The van der Waals surface area contributed by atoms with Crippen LogP contribution in [-0.4, -0.2) is 22.4 Å². The van der Waals surface area contributed by atoms with E-state index >= 15 is 0 Å². The molecule has 27 heavy (non-hydrogen) atoms. The van der Waals surface area contributed by atoms with Gasteiger partial charge in [-0.25, -0.2) is 9.97 Å². The summed E-state index contributed by atoms with van der Waals surface area (Å²) in [5.41, 5.74) is 4.40. The average molecular weight is 355 g/mol. The minimum atomic E-state index is -0.329. The fourth-order valence-electron chi connectivity index (χ4n) is 3.20. The number of anilines is 3. The summed E-state index contributed by atoms with van der Waals surface area (Å²) >= 11 is 0. The van der Waals surface area contributed by atoms with Gasteiger partial charge in [0.25, 0.3) is 5.91 Å². The van der Waals surface area contributed by atoms with Crippen molar-refractivity contribution in [1.29, 1.82) is 5.26 Å². The predicted octanol–water partition coefficient (Wildman–Crippen LogP) is 3.60. The lowest BCUT2D eigenvalue weighted by Crippen LogP contribution is -2.20. The topological polar surface area (TPSA) is 81.9 Å². The second-order valence-electron chi connectivity index (χ2n) is 6.37. The molecule has 0 radical (unpaired) electrons. The Morgan fingerprint density at radius 3 is 2.85 bits per heavy atom. The Kier molecular flexibility index (Phi) is 4.27. The summed E-state index contributed by atoms with van der Waals surface area (Å²) in [6, 6.07) is 18.7. The summed E-state index contributed by atoms with van der Waals surface area (Å²) in [4.78, 5) is 23.7. The molecule has 2 aromatic carbocycles. The van der Waals surface area contributed by atoms with E-state index in [0.717, 1.165) is 24.3 Å². The van der Waals surface area contributed by atoms with E-state index in [-0.39, 0.29) is 5.91 Å². The van der Waals surface area contributed by atoms with Crippen LogP contribution in [0.5, 0.6) is 0 Å². The number of benzene rings is 2. The highest BCUT2D eigenvalue weighted by atomic mass is 16.1. The molecule has 0 bridgehead atoms. The summed E-state index contributed by atoms with van der Waals surface area (Å²) < 4.78 is 0. The van der Waals surface area contributed by atoms with E-state index in [0.29, 0.717) is 22.9 Å². The van der Waals surface area contributed by atoms with Crippen molar-refractivity contribution in [3.05, 3.63) is 77.1 Å². The highest BCUT2D eigenvalue weighted by molar-refractivity contribution is 6.03. The van der Waals surface area contributed by atoms with Gasteiger partial charge in [0.1, 0.15) is 5.69 Å². The zero-order valence-electron chi connectivity index (χ0n) is 14.8. The molecule has 1 amide bonds. The van der Waals surface area contributed by atoms with Crippen LogP contribution in [0.1, 0.15) is 27.3 Å². The van der Waals surface area contributed by atoms with Gasteiger partial charge in [0, 0.05) is 23.6 Å². The molecule has 0 saturated heterocycles. The molecule has 0 spiro atoms. The zero-order valence-corrected chi connectivity index (χ0v) is 14.8. The molecule has 6 heteroatoms. The average Bonchev–Trinajstić information content (AvgIpc) is 3.12. The molecule has 0 atom stereocenters. The molecule has 1 N–H and O–H groups in total. The molecule has 0 saturated carbocycles. The largest absolute Gasteiger partial charge is 0.321 e. The fourth-order valence-corrected chi connectivity index (χ4v) is 3.20. The van der Waals surface area contributed by atoms with E-state index in [1.807, 2.05) is 30.0 Å². The number of hydrogen-bond donors (Lipinski definition) is 1. The molecular formula is C21H17N5O. The first-order valence-corrected chi connectivity index (χ1v) is 8.67. The van der Waals surface area contributed by atoms with E-state index in [4.69, 9.17) is 5.26 Å². The summed E-state index contributed by atoms with van der Waals surface area (Å²) in [7, 11) is 0. The smallest absolute Gasteiger partial charge is 0.274 e. The van der Waals surface area contributed by atoms with Crippen molar-refractivity contribution < 1.29 is 4.79 Å². The summed E-state index contributed by atoms with van der Waals surface area (Å²) in [6.45, 7) is 2.63. The highest BCUT2D eigenvalue weighted by Gasteiger charge is 2.23. The molecule has 4 rings (SSSR count). The Morgan fingerprint density at radius 2 is 2.00 bits per heavy atom. The van der Waals surface area contributed by atoms with Crippen LogP contribution in [0.3, 0.4) is 0 Å². The van der Waals surface area contributed by atoms with Gasteiger partial charge < -0.3 is 10.2 Å². The Hall–Kier alpha value is -3.72. The number of fused-ring (bicyclic) bond motifs is 1. The van der Waals surface area contributed by atoms with Crippen molar-refractivity contribution >= 4 is 23.2 Å². The first kappa shape index (κ1) is 16.7. The fraction of sp³-hybridized carbons (Fsp3) is 0.143. The van der Waals surface area contributed by atoms with Gasteiger partial charge in [-0.1, -0.05) is 24.3 Å². The lowest BCUT2D eigenvalue weighted by molar-refractivity contribution is 0.102. The molecule has 3 aromatic rings. The summed E-state index contributed by atoms with van der Waals surface area (Å²) in [6.07, 6.45) is 0.927. The number of nitriles is 1. The molecule has 2 heterocycles. The molecule has 1 aliphatic heterocycles. The van der Waals surface area contributed by atoms with Crippen molar-refractivity contribution in [3.63, 3.8) is 0 Å². The molecule has 0 fully saturated rings. The maximum atomic E-state index is 12.7. The number of aromatic nitrogens is 2. The van der Waals surface area contributed by atoms with Crippen molar-refractivity contribution in [2.24, 2.45) is 0 Å². The second kappa shape index (κ2) is 6.89. The SMILES string of the molecule is Cc1cc(C(=O)Nc2cccc(C#N)c2)nc(N2CCc3ccccc32)n1. The first-order chi connectivity index (χ1) is 13.1.